The lowest BCUT2D eigenvalue weighted by molar-refractivity contribution is 0.146. The van der Waals surface area contributed by atoms with E-state index in [2.05, 4.69) is 21.4 Å². The number of methoxy groups -OCH3 is 1. The van der Waals surface area contributed by atoms with Gasteiger partial charge >= 0.3 is 0 Å². The maximum Gasteiger partial charge on any atom is 0.197 e. The number of nitrogens with zero attached hydrogens (tertiary/aromatic N) is 3. The third-order valence-corrected chi connectivity index (χ3v) is 3.12. The van der Waals surface area contributed by atoms with Crippen LogP contribution in [0, 0.1) is 11.3 Å². The van der Waals surface area contributed by atoms with E-state index in [1.807, 2.05) is 0 Å². The lowest BCUT2D eigenvalue weighted by Crippen LogP contribution is -2.27. The SMILES string of the molecule is COCCN(CCC#N)Cc1cnc(NN)s1. The standard InChI is InChI=1S/C10H17N5OS/c1-16-6-5-15(4-2-3-11)8-9-7-13-10(14-12)17-9/h7H,2,4-6,8,12H2,1H3,(H,13,14). The monoisotopic (exact) mass is 255 g/mol. The van der Waals surface area contributed by atoms with E-state index in [0.717, 1.165) is 24.5 Å². The summed E-state index contributed by atoms with van der Waals surface area (Å²) in [5, 5.41) is 9.31. The van der Waals surface area contributed by atoms with Gasteiger partial charge in [0.05, 0.1) is 12.7 Å². The number of rotatable bonds is 8. The van der Waals surface area contributed by atoms with E-state index in [0.29, 0.717) is 18.2 Å². The molecule has 6 nitrogen and oxygen atoms in total. The van der Waals surface area contributed by atoms with Crippen molar-refractivity contribution < 1.29 is 4.74 Å². The first-order chi connectivity index (χ1) is 8.30. The number of thiazole rings is 1. The molecule has 1 aromatic rings. The summed E-state index contributed by atoms with van der Waals surface area (Å²) in [6.07, 6.45) is 2.32. The van der Waals surface area contributed by atoms with Crippen LogP contribution in [0.5, 0.6) is 0 Å². The van der Waals surface area contributed by atoms with Crippen LogP contribution in [0.2, 0.25) is 0 Å². The van der Waals surface area contributed by atoms with Gasteiger partial charge in [0, 0.05) is 44.2 Å². The molecule has 0 aromatic carbocycles. The summed E-state index contributed by atoms with van der Waals surface area (Å²) < 4.78 is 5.05. The summed E-state index contributed by atoms with van der Waals surface area (Å²) in [5.74, 6) is 5.28. The second-order valence-corrected chi connectivity index (χ2v) is 4.57. The van der Waals surface area contributed by atoms with Gasteiger partial charge < -0.3 is 4.74 Å². The van der Waals surface area contributed by atoms with Crippen LogP contribution in [0.1, 0.15) is 11.3 Å². The van der Waals surface area contributed by atoms with Crippen molar-refractivity contribution in [1.82, 2.24) is 9.88 Å². The Morgan fingerprint density at radius 1 is 1.65 bits per heavy atom. The molecule has 0 aliphatic heterocycles. The number of hydrogen-bond donors (Lipinski definition) is 2. The fourth-order valence-electron chi connectivity index (χ4n) is 1.37. The number of aromatic nitrogens is 1. The number of nitrogen functional groups attached to an aromatic ring is 1. The van der Waals surface area contributed by atoms with E-state index in [1.165, 1.54) is 11.3 Å². The summed E-state index contributed by atoms with van der Waals surface area (Å²) in [6, 6.07) is 2.15. The van der Waals surface area contributed by atoms with Crippen molar-refractivity contribution >= 4 is 16.5 Å². The van der Waals surface area contributed by atoms with Crippen molar-refractivity contribution in [3.63, 3.8) is 0 Å². The van der Waals surface area contributed by atoms with Gasteiger partial charge in [-0.05, 0) is 0 Å². The van der Waals surface area contributed by atoms with Gasteiger partial charge in [0.25, 0.3) is 0 Å². The van der Waals surface area contributed by atoms with Gasteiger partial charge in [0.2, 0.25) is 0 Å². The molecule has 0 aliphatic rings. The zero-order valence-corrected chi connectivity index (χ0v) is 10.7. The minimum absolute atomic E-state index is 0.518. The van der Waals surface area contributed by atoms with Crippen LogP contribution in [-0.2, 0) is 11.3 Å². The van der Waals surface area contributed by atoms with E-state index < -0.39 is 0 Å². The second kappa shape index (κ2) is 7.97. The molecule has 0 bridgehead atoms. The van der Waals surface area contributed by atoms with E-state index in [1.54, 1.807) is 13.3 Å². The van der Waals surface area contributed by atoms with Crippen LogP contribution >= 0.6 is 11.3 Å². The number of anilines is 1. The molecular weight excluding hydrogens is 238 g/mol. The molecule has 0 unspecified atom stereocenters. The van der Waals surface area contributed by atoms with Gasteiger partial charge in [-0.1, -0.05) is 11.3 Å². The van der Waals surface area contributed by atoms with Gasteiger partial charge in [-0.2, -0.15) is 5.26 Å². The molecule has 0 atom stereocenters. The Kier molecular flexibility index (Phi) is 6.50. The highest BCUT2D eigenvalue weighted by molar-refractivity contribution is 7.15. The fraction of sp³-hybridized carbons (Fsp3) is 0.600. The zero-order chi connectivity index (χ0) is 12.5. The Labute approximate surface area is 105 Å². The molecule has 1 rings (SSSR count). The van der Waals surface area contributed by atoms with E-state index in [4.69, 9.17) is 15.8 Å². The van der Waals surface area contributed by atoms with Gasteiger partial charge in [0.1, 0.15) is 0 Å². The zero-order valence-electron chi connectivity index (χ0n) is 9.85. The van der Waals surface area contributed by atoms with Crippen molar-refractivity contribution in [1.29, 1.82) is 5.26 Å². The molecule has 0 aliphatic carbocycles. The highest BCUT2D eigenvalue weighted by Gasteiger charge is 2.08. The first-order valence-electron chi connectivity index (χ1n) is 5.29. The maximum atomic E-state index is 8.60. The molecule has 3 N–H and O–H groups in total. The van der Waals surface area contributed by atoms with E-state index >= 15 is 0 Å². The van der Waals surface area contributed by atoms with Crippen LogP contribution in [0.25, 0.3) is 0 Å². The minimum atomic E-state index is 0.518. The molecule has 94 valence electrons. The van der Waals surface area contributed by atoms with E-state index in [9.17, 15) is 0 Å². The molecule has 0 saturated carbocycles. The smallest absolute Gasteiger partial charge is 0.197 e. The Morgan fingerprint density at radius 3 is 3.06 bits per heavy atom. The van der Waals surface area contributed by atoms with Gasteiger partial charge in [-0.3, -0.25) is 10.3 Å². The van der Waals surface area contributed by atoms with Crippen LogP contribution in [0.4, 0.5) is 5.13 Å². The lowest BCUT2D eigenvalue weighted by Gasteiger charge is -2.19. The molecule has 1 aromatic heterocycles. The van der Waals surface area contributed by atoms with Gasteiger partial charge in [0.15, 0.2) is 5.13 Å². The minimum Gasteiger partial charge on any atom is -0.383 e. The molecule has 0 amide bonds. The Hall–Kier alpha value is -1.20. The van der Waals surface area contributed by atoms with Crippen molar-refractivity contribution in [3.8, 4) is 6.07 Å². The molecule has 0 spiro atoms. The number of nitrogens with one attached hydrogen (secondary N) is 1. The van der Waals surface area contributed by atoms with Crippen LogP contribution in [-0.4, -0.2) is 36.7 Å². The number of hydrogen-bond acceptors (Lipinski definition) is 7. The molecule has 0 radical (unpaired) electrons. The largest absolute Gasteiger partial charge is 0.383 e. The summed E-state index contributed by atoms with van der Waals surface area (Å²) in [5.41, 5.74) is 2.52. The molecule has 1 heterocycles. The van der Waals surface area contributed by atoms with Crippen molar-refractivity contribution in [2.24, 2.45) is 5.84 Å². The average Bonchev–Trinajstić information content (AvgIpc) is 2.80. The van der Waals surface area contributed by atoms with Gasteiger partial charge in [-0.15, -0.1) is 0 Å². The topological polar surface area (TPSA) is 87.2 Å². The predicted octanol–water partition coefficient (Wildman–Crippen LogP) is 0.791. The third-order valence-electron chi connectivity index (χ3n) is 2.21. The summed E-state index contributed by atoms with van der Waals surface area (Å²) >= 11 is 1.52. The molecular formula is C10H17N5OS. The summed E-state index contributed by atoms with van der Waals surface area (Å²) in [6.45, 7) is 2.97. The van der Waals surface area contributed by atoms with Crippen LogP contribution < -0.4 is 11.3 Å². The second-order valence-electron chi connectivity index (χ2n) is 3.45. The van der Waals surface area contributed by atoms with Crippen LogP contribution in [0.3, 0.4) is 0 Å². The quantitative estimate of drug-likeness (QED) is 0.527. The van der Waals surface area contributed by atoms with Crippen LogP contribution in [0.15, 0.2) is 6.20 Å². The Morgan fingerprint density at radius 2 is 2.47 bits per heavy atom. The lowest BCUT2D eigenvalue weighted by atomic mass is 10.3. The number of ether oxygens (including phenoxy) is 1. The van der Waals surface area contributed by atoms with Crippen molar-refractivity contribution in [2.45, 2.75) is 13.0 Å². The first-order valence-corrected chi connectivity index (χ1v) is 6.11. The molecule has 0 fully saturated rings. The highest BCUT2D eigenvalue weighted by Crippen LogP contribution is 2.18. The molecule has 0 saturated heterocycles. The van der Waals surface area contributed by atoms with Crippen molar-refractivity contribution in [2.75, 3.05) is 32.2 Å². The summed E-state index contributed by atoms with van der Waals surface area (Å²) in [7, 11) is 1.67. The maximum absolute atomic E-state index is 8.60. The number of nitriles is 1. The average molecular weight is 255 g/mol. The summed E-state index contributed by atoms with van der Waals surface area (Å²) in [4.78, 5) is 7.39. The first kappa shape index (κ1) is 13.9. The molecule has 7 heteroatoms. The Bertz CT molecular complexity index is 362. The number of hydrazine groups is 1. The highest BCUT2D eigenvalue weighted by atomic mass is 32.1. The third kappa shape index (κ3) is 5.10. The molecule has 17 heavy (non-hydrogen) atoms. The predicted molar refractivity (Wildman–Crippen MR) is 67.3 cm³/mol. The van der Waals surface area contributed by atoms with Crippen molar-refractivity contribution in [3.05, 3.63) is 11.1 Å². The number of nitrogens with two attached hydrogens (primary N) is 1. The Balaban J connectivity index is 2.48. The van der Waals surface area contributed by atoms with E-state index in [-0.39, 0.29) is 0 Å². The fourth-order valence-corrected chi connectivity index (χ4v) is 2.13. The van der Waals surface area contributed by atoms with Gasteiger partial charge in [-0.25, -0.2) is 10.8 Å². The normalized spacial score (nSPS) is 10.5.